The maximum Gasteiger partial charge on any atom is 0.243 e. The van der Waals surface area contributed by atoms with E-state index in [-0.39, 0.29) is 6.61 Å². The maximum absolute atomic E-state index is 10.4. The van der Waals surface area contributed by atoms with Crippen LogP contribution in [0.5, 0.6) is 0 Å². The number of primary amides is 1. The highest BCUT2D eigenvalue weighted by molar-refractivity contribution is 5.74. The van der Waals surface area contributed by atoms with Crippen molar-refractivity contribution in [2.24, 2.45) is 5.73 Å². The van der Waals surface area contributed by atoms with E-state index in [1.165, 1.54) is 32.4 Å². The van der Waals surface area contributed by atoms with Crippen LogP contribution < -0.4 is 11.1 Å². The number of fused-ring (bicyclic) bond motifs is 1. The fourth-order valence-electron chi connectivity index (χ4n) is 2.81. The molecular weight excluding hydrogens is 206 g/mol. The molecule has 2 heterocycles. The number of rotatable bonds is 6. The van der Waals surface area contributed by atoms with Gasteiger partial charge in [0.2, 0.25) is 5.91 Å². The molecule has 3 N–H and O–H groups in total. The summed E-state index contributed by atoms with van der Waals surface area (Å²) < 4.78 is 5.12. The van der Waals surface area contributed by atoms with Gasteiger partial charge in [-0.3, -0.25) is 9.69 Å². The van der Waals surface area contributed by atoms with E-state index in [4.69, 9.17) is 10.5 Å². The van der Waals surface area contributed by atoms with E-state index >= 15 is 0 Å². The molecule has 92 valence electrons. The quantitative estimate of drug-likeness (QED) is 0.590. The predicted octanol–water partition coefficient (Wildman–Crippen LogP) is -0.685. The van der Waals surface area contributed by atoms with E-state index < -0.39 is 5.91 Å². The zero-order valence-corrected chi connectivity index (χ0v) is 9.65. The lowest BCUT2D eigenvalue weighted by atomic mass is 10.1. The summed E-state index contributed by atoms with van der Waals surface area (Å²) in [6, 6.07) is 1.34. The highest BCUT2D eigenvalue weighted by atomic mass is 16.5. The lowest BCUT2D eigenvalue weighted by Crippen LogP contribution is -2.40. The van der Waals surface area contributed by atoms with Crippen LogP contribution in [0.1, 0.15) is 19.3 Å². The first-order valence-corrected chi connectivity index (χ1v) is 6.11. The molecule has 0 aromatic rings. The van der Waals surface area contributed by atoms with Gasteiger partial charge in [-0.2, -0.15) is 0 Å². The number of ether oxygens (including phenoxy) is 1. The van der Waals surface area contributed by atoms with Gasteiger partial charge in [0.25, 0.3) is 0 Å². The monoisotopic (exact) mass is 227 g/mol. The molecule has 5 heteroatoms. The summed E-state index contributed by atoms with van der Waals surface area (Å²) in [5.74, 6) is -0.400. The van der Waals surface area contributed by atoms with Gasteiger partial charge in [-0.05, 0) is 25.8 Å². The molecule has 0 aromatic heterocycles. The molecule has 2 fully saturated rings. The van der Waals surface area contributed by atoms with E-state index in [1.807, 2.05) is 0 Å². The second-order valence-electron chi connectivity index (χ2n) is 4.61. The fraction of sp³-hybridized carbons (Fsp3) is 0.909. The van der Waals surface area contributed by atoms with E-state index in [2.05, 4.69) is 10.2 Å². The first kappa shape index (κ1) is 11.8. The Bertz CT molecular complexity index is 247. The maximum atomic E-state index is 10.4. The second-order valence-corrected chi connectivity index (χ2v) is 4.61. The molecule has 2 aliphatic rings. The van der Waals surface area contributed by atoms with Gasteiger partial charge >= 0.3 is 0 Å². The van der Waals surface area contributed by atoms with Crippen molar-refractivity contribution in [1.29, 1.82) is 0 Å². The Morgan fingerprint density at radius 3 is 3.12 bits per heavy atom. The molecule has 2 aliphatic heterocycles. The Hall–Kier alpha value is -0.650. The van der Waals surface area contributed by atoms with Crippen LogP contribution in [0, 0.1) is 0 Å². The van der Waals surface area contributed by atoms with E-state index in [1.54, 1.807) is 0 Å². The van der Waals surface area contributed by atoms with Crippen molar-refractivity contribution >= 4 is 5.91 Å². The van der Waals surface area contributed by atoms with Crippen LogP contribution in [0.2, 0.25) is 0 Å². The van der Waals surface area contributed by atoms with Gasteiger partial charge in [0, 0.05) is 25.2 Å². The molecule has 0 bridgehead atoms. The van der Waals surface area contributed by atoms with Crippen molar-refractivity contribution in [1.82, 2.24) is 10.2 Å². The fourth-order valence-corrected chi connectivity index (χ4v) is 2.81. The van der Waals surface area contributed by atoms with Crippen LogP contribution in [0.4, 0.5) is 0 Å². The Balaban J connectivity index is 1.58. The van der Waals surface area contributed by atoms with Crippen molar-refractivity contribution in [3.05, 3.63) is 0 Å². The summed E-state index contributed by atoms with van der Waals surface area (Å²) in [7, 11) is 0. The summed E-state index contributed by atoms with van der Waals surface area (Å²) >= 11 is 0. The number of amides is 1. The first-order chi connectivity index (χ1) is 7.77. The lowest BCUT2D eigenvalue weighted by Gasteiger charge is -2.21. The average molecular weight is 227 g/mol. The summed E-state index contributed by atoms with van der Waals surface area (Å²) in [5.41, 5.74) is 4.98. The van der Waals surface area contributed by atoms with Crippen molar-refractivity contribution in [3.63, 3.8) is 0 Å². The summed E-state index contributed by atoms with van der Waals surface area (Å²) in [4.78, 5) is 13.0. The Morgan fingerprint density at radius 2 is 2.31 bits per heavy atom. The molecule has 0 saturated carbocycles. The Morgan fingerprint density at radius 1 is 1.44 bits per heavy atom. The zero-order chi connectivity index (χ0) is 11.4. The highest BCUT2D eigenvalue weighted by Crippen LogP contribution is 2.27. The predicted molar refractivity (Wildman–Crippen MR) is 61.0 cm³/mol. The van der Waals surface area contributed by atoms with Crippen LogP contribution in [0.3, 0.4) is 0 Å². The molecule has 2 saturated heterocycles. The summed E-state index contributed by atoms with van der Waals surface area (Å²) in [6.45, 7) is 3.89. The zero-order valence-electron chi connectivity index (χ0n) is 9.65. The van der Waals surface area contributed by atoms with E-state index in [9.17, 15) is 4.79 Å². The minimum absolute atomic E-state index is 0.0297. The number of nitrogens with zero attached hydrogens (tertiary/aromatic N) is 1. The topological polar surface area (TPSA) is 67.6 Å². The Kier molecular flexibility index (Phi) is 4.15. The number of hydrogen-bond donors (Lipinski definition) is 2. The van der Waals surface area contributed by atoms with Crippen LogP contribution in [0.15, 0.2) is 0 Å². The van der Waals surface area contributed by atoms with Crippen molar-refractivity contribution < 1.29 is 9.53 Å². The normalized spacial score (nSPS) is 29.5. The molecule has 0 aromatic carbocycles. The summed E-state index contributed by atoms with van der Waals surface area (Å²) in [6.07, 6.45) is 3.89. The van der Waals surface area contributed by atoms with Gasteiger partial charge in [-0.1, -0.05) is 0 Å². The van der Waals surface area contributed by atoms with Crippen LogP contribution in [-0.2, 0) is 9.53 Å². The van der Waals surface area contributed by atoms with Gasteiger partial charge in [0.15, 0.2) is 0 Å². The number of nitrogens with two attached hydrogens (primary N) is 1. The number of nitrogens with one attached hydrogen (secondary N) is 1. The van der Waals surface area contributed by atoms with Gasteiger partial charge < -0.3 is 15.8 Å². The first-order valence-electron chi connectivity index (χ1n) is 6.11. The van der Waals surface area contributed by atoms with Crippen LogP contribution in [0.25, 0.3) is 0 Å². The molecule has 0 spiro atoms. The number of hydrogen-bond acceptors (Lipinski definition) is 4. The third kappa shape index (κ3) is 2.93. The van der Waals surface area contributed by atoms with Gasteiger partial charge in [-0.25, -0.2) is 0 Å². The molecular formula is C11H21N3O2. The smallest absolute Gasteiger partial charge is 0.243 e. The number of carbonyl (C=O) groups is 1. The van der Waals surface area contributed by atoms with E-state index in [0.717, 1.165) is 12.6 Å². The molecule has 2 unspecified atom stereocenters. The number of carbonyl (C=O) groups excluding carboxylic acids is 1. The molecule has 0 aliphatic carbocycles. The molecule has 2 rings (SSSR count). The van der Waals surface area contributed by atoms with Gasteiger partial charge in [0.05, 0.1) is 6.61 Å². The van der Waals surface area contributed by atoms with Crippen LogP contribution >= 0.6 is 0 Å². The average Bonchev–Trinajstić information content (AvgIpc) is 2.80. The largest absolute Gasteiger partial charge is 0.370 e. The third-order valence-corrected chi connectivity index (χ3v) is 3.50. The minimum atomic E-state index is -0.400. The lowest BCUT2D eigenvalue weighted by molar-refractivity contribution is -0.122. The summed E-state index contributed by atoms with van der Waals surface area (Å²) in [5, 5.41) is 3.51. The molecule has 1 amide bonds. The minimum Gasteiger partial charge on any atom is -0.370 e. The van der Waals surface area contributed by atoms with Crippen molar-refractivity contribution in [2.45, 2.75) is 31.3 Å². The molecule has 2 atom stereocenters. The van der Waals surface area contributed by atoms with Crippen LogP contribution in [-0.4, -0.2) is 55.7 Å². The highest BCUT2D eigenvalue weighted by Gasteiger charge is 2.36. The van der Waals surface area contributed by atoms with E-state index in [0.29, 0.717) is 12.6 Å². The van der Waals surface area contributed by atoms with Crippen molar-refractivity contribution in [3.8, 4) is 0 Å². The van der Waals surface area contributed by atoms with Gasteiger partial charge in [0.1, 0.15) is 6.61 Å². The molecule has 16 heavy (non-hydrogen) atoms. The third-order valence-electron chi connectivity index (χ3n) is 3.50. The van der Waals surface area contributed by atoms with Crippen molar-refractivity contribution in [2.75, 3.05) is 32.8 Å². The molecule has 0 radical (unpaired) electrons. The standard InChI is InChI=1S/C11H21N3O2/c12-11(15)8-16-7-4-13-9-3-6-14-5-1-2-10(9)14/h9-10,13H,1-8H2,(H2,12,15). The molecule has 5 nitrogen and oxygen atoms in total. The second kappa shape index (κ2) is 5.61. The SMILES string of the molecule is NC(=O)COCCNC1CCN2CCCC12. The Labute approximate surface area is 96.3 Å². The van der Waals surface area contributed by atoms with Gasteiger partial charge in [-0.15, -0.1) is 0 Å².